The van der Waals surface area contributed by atoms with Crippen LogP contribution in [0.4, 0.5) is 0 Å². The molecule has 2 aromatic carbocycles. The third-order valence-corrected chi connectivity index (χ3v) is 4.11. The van der Waals surface area contributed by atoms with E-state index in [1.165, 1.54) is 7.11 Å². The van der Waals surface area contributed by atoms with E-state index in [9.17, 15) is 14.4 Å². The maximum absolute atomic E-state index is 12.3. The number of esters is 1. The van der Waals surface area contributed by atoms with Gasteiger partial charge < -0.3 is 10.1 Å². The molecule has 0 radical (unpaired) electrons. The number of hydrogen-bond donors (Lipinski definition) is 1. The molecule has 0 spiro atoms. The fourth-order valence-corrected chi connectivity index (χ4v) is 2.65. The second-order valence-electron chi connectivity index (χ2n) is 5.93. The lowest BCUT2D eigenvalue weighted by Crippen LogP contribution is -2.42. The molecule has 0 unspecified atom stereocenters. The van der Waals surface area contributed by atoms with E-state index in [-0.39, 0.29) is 31.0 Å². The van der Waals surface area contributed by atoms with Crippen molar-refractivity contribution in [1.82, 2.24) is 5.32 Å². The Hall–Kier alpha value is -2.69. The summed E-state index contributed by atoms with van der Waals surface area (Å²) in [5, 5.41) is 4.85. The lowest BCUT2D eigenvalue weighted by molar-refractivity contribution is -0.145. The van der Waals surface area contributed by atoms with Crippen LogP contribution in [0.2, 0.25) is 0 Å². The lowest BCUT2D eigenvalue weighted by Gasteiger charge is -2.16. The smallest absolute Gasteiger partial charge is 0.328 e. The van der Waals surface area contributed by atoms with Crippen molar-refractivity contribution in [3.05, 3.63) is 48.0 Å². The van der Waals surface area contributed by atoms with Gasteiger partial charge in [0.2, 0.25) is 5.91 Å². The van der Waals surface area contributed by atoms with Gasteiger partial charge in [-0.2, -0.15) is 0 Å². The third-order valence-electron chi connectivity index (χ3n) is 4.11. The van der Waals surface area contributed by atoms with Gasteiger partial charge in [-0.05, 0) is 22.8 Å². The molecule has 2 rings (SSSR count). The minimum Gasteiger partial charge on any atom is -0.467 e. The molecule has 5 heteroatoms. The number of carbonyl (C=O) groups is 3. The predicted molar refractivity (Wildman–Crippen MR) is 96.1 cm³/mol. The first-order chi connectivity index (χ1) is 12.0. The Labute approximate surface area is 147 Å². The summed E-state index contributed by atoms with van der Waals surface area (Å²) >= 11 is 0. The van der Waals surface area contributed by atoms with E-state index >= 15 is 0 Å². The van der Waals surface area contributed by atoms with Crippen molar-refractivity contribution >= 4 is 28.4 Å². The first-order valence-electron chi connectivity index (χ1n) is 8.40. The fraction of sp³-hybridized carbons (Fsp3) is 0.350. The van der Waals surface area contributed by atoms with Gasteiger partial charge in [0.25, 0.3) is 0 Å². The summed E-state index contributed by atoms with van der Waals surface area (Å²) in [5.41, 5.74) is 0.865. The molecule has 0 bridgehead atoms. The summed E-state index contributed by atoms with van der Waals surface area (Å²) in [6.45, 7) is 1.77. The van der Waals surface area contributed by atoms with Gasteiger partial charge in [0.1, 0.15) is 11.8 Å². The van der Waals surface area contributed by atoms with Crippen molar-refractivity contribution in [2.24, 2.45) is 0 Å². The van der Waals surface area contributed by atoms with E-state index < -0.39 is 12.0 Å². The van der Waals surface area contributed by atoms with Crippen molar-refractivity contribution < 1.29 is 19.1 Å². The number of nitrogens with one attached hydrogen (secondary N) is 1. The van der Waals surface area contributed by atoms with Crippen LogP contribution in [0, 0.1) is 0 Å². The number of rotatable bonds is 8. The Kier molecular flexibility index (Phi) is 6.69. The predicted octanol–water partition coefficient (Wildman–Crippen LogP) is 2.80. The summed E-state index contributed by atoms with van der Waals surface area (Å²) in [4.78, 5) is 35.6. The van der Waals surface area contributed by atoms with Gasteiger partial charge in [0, 0.05) is 12.8 Å². The lowest BCUT2D eigenvalue weighted by atomic mass is 10.0. The van der Waals surface area contributed by atoms with Crippen molar-refractivity contribution in [1.29, 1.82) is 0 Å². The molecule has 0 aliphatic heterocycles. The molecule has 0 heterocycles. The monoisotopic (exact) mass is 341 g/mol. The first kappa shape index (κ1) is 18.6. The number of Topliss-reactive ketones (excluding diaryl/α,β-unsaturated/α-hetero) is 1. The van der Waals surface area contributed by atoms with Crippen LogP contribution in [-0.4, -0.2) is 30.8 Å². The van der Waals surface area contributed by atoms with Gasteiger partial charge in [-0.15, -0.1) is 0 Å². The van der Waals surface area contributed by atoms with Crippen LogP contribution >= 0.6 is 0 Å². The molecular formula is C20H23NO4. The minimum absolute atomic E-state index is 0.0534. The number of amides is 1. The van der Waals surface area contributed by atoms with E-state index in [4.69, 9.17) is 4.74 Å². The maximum atomic E-state index is 12.3. The van der Waals surface area contributed by atoms with Gasteiger partial charge in [0.05, 0.1) is 13.5 Å². The number of ether oxygens (including phenoxy) is 1. The molecule has 0 saturated heterocycles. The molecule has 0 aromatic heterocycles. The van der Waals surface area contributed by atoms with Crippen molar-refractivity contribution in [3.8, 4) is 0 Å². The number of hydrogen-bond acceptors (Lipinski definition) is 4. The summed E-state index contributed by atoms with van der Waals surface area (Å²) in [6.07, 6.45) is 1.08. The Morgan fingerprint density at radius 1 is 1.08 bits per heavy atom. The largest absolute Gasteiger partial charge is 0.467 e. The van der Waals surface area contributed by atoms with Gasteiger partial charge in [-0.1, -0.05) is 49.4 Å². The van der Waals surface area contributed by atoms with Crippen molar-refractivity contribution in [2.75, 3.05) is 7.11 Å². The van der Waals surface area contributed by atoms with E-state index in [0.29, 0.717) is 6.42 Å². The summed E-state index contributed by atoms with van der Waals surface area (Å²) in [7, 11) is 1.27. The number of fused-ring (bicyclic) bond motifs is 1. The van der Waals surface area contributed by atoms with Gasteiger partial charge >= 0.3 is 5.97 Å². The zero-order valence-corrected chi connectivity index (χ0v) is 14.6. The van der Waals surface area contributed by atoms with E-state index in [0.717, 1.165) is 16.3 Å². The standard InChI is InChI=1S/C20H23NO4/c1-3-17(22)10-11-18(20(24)25-2)21-19(23)13-14-8-9-15-6-4-5-7-16(15)12-14/h4-9,12,18H,3,10-11,13H2,1-2H3,(H,21,23)/t18-/m1/s1. The van der Waals surface area contributed by atoms with Crippen LogP contribution in [0.3, 0.4) is 0 Å². The van der Waals surface area contributed by atoms with Crippen LogP contribution < -0.4 is 5.32 Å². The molecule has 132 valence electrons. The highest BCUT2D eigenvalue weighted by Gasteiger charge is 2.22. The van der Waals surface area contributed by atoms with E-state index in [1.54, 1.807) is 6.92 Å². The molecule has 0 saturated carbocycles. The topological polar surface area (TPSA) is 72.5 Å². The second-order valence-corrected chi connectivity index (χ2v) is 5.93. The van der Waals surface area contributed by atoms with E-state index in [1.807, 2.05) is 42.5 Å². The molecule has 2 aromatic rings. The number of benzene rings is 2. The Morgan fingerprint density at radius 2 is 1.80 bits per heavy atom. The van der Waals surface area contributed by atoms with E-state index in [2.05, 4.69) is 5.32 Å². The highest BCUT2D eigenvalue weighted by Crippen LogP contribution is 2.16. The Morgan fingerprint density at radius 3 is 2.48 bits per heavy atom. The number of carbonyl (C=O) groups excluding carboxylic acids is 3. The minimum atomic E-state index is -0.798. The maximum Gasteiger partial charge on any atom is 0.328 e. The average molecular weight is 341 g/mol. The molecule has 0 aliphatic carbocycles. The zero-order valence-electron chi connectivity index (χ0n) is 14.6. The van der Waals surface area contributed by atoms with Crippen LogP contribution in [0.15, 0.2) is 42.5 Å². The second kappa shape index (κ2) is 8.97. The highest BCUT2D eigenvalue weighted by atomic mass is 16.5. The van der Waals surface area contributed by atoms with Crippen LogP contribution in [0.1, 0.15) is 31.7 Å². The molecule has 0 fully saturated rings. The molecule has 25 heavy (non-hydrogen) atoms. The molecule has 1 atom stereocenters. The molecule has 1 N–H and O–H groups in total. The number of methoxy groups -OCH3 is 1. The van der Waals surface area contributed by atoms with Gasteiger partial charge in [0.15, 0.2) is 0 Å². The normalized spacial score (nSPS) is 11.8. The van der Waals surface area contributed by atoms with Crippen molar-refractivity contribution in [3.63, 3.8) is 0 Å². The summed E-state index contributed by atoms with van der Waals surface area (Å²) < 4.78 is 4.72. The van der Waals surface area contributed by atoms with Gasteiger partial charge in [-0.3, -0.25) is 9.59 Å². The summed E-state index contributed by atoms with van der Waals surface area (Å²) in [5.74, 6) is -0.747. The van der Waals surface area contributed by atoms with Crippen molar-refractivity contribution in [2.45, 2.75) is 38.6 Å². The third kappa shape index (κ3) is 5.41. The van der Waals surface area contributed by atoms with Gasteiger partial charge in [-0.25, -0.2) is 4.79 Å². The first-order valence-corrected chi connectivity index (χ1v) is 8.40. The molecule has 0 aliphatic rings. The van der Waals surface area contributed by atoms with Crippen LogP contribution in [-0.2, 0) is 25.5 Å². The van der Waals surface area contributed by atoms with Crippen LogP contribution in [0.25, 0.3) is 10.8 Å². The van der Waals surface area contributed by atoms with Crippen LogP contribution in [0.5, 0.6) is 0 Å². The molecular weight excluding hydrogens is 318 g/mol. The Bertz CT molecular complexity index is 769. The fourth-order valence-electron chi connectivity index (χ4n) is 2.65. The highest BCUT2D eigenvalue weighted by molar-refractivity contribution is 5.88. The Balaban J connectivity index is 2.01. The quantitative estimate of drug-likeness (QED) is 0.750. The number of ketones is 1. The summed E-state index contributed by atoms with van der Waals surface area (Å²) in [6, 6.07) is 12.9. The molecule has 1 amide bonds. The molecule has 5 nitrogen and oxygen atoms in total. The average Bonchev–Trinajstić information content (AvgIpc) is 2.63. The zero-order chi connectivity index (χ0) is 18.2. The SMILES string of the molecule is CCC(=O)CC[C@@H](NC(=O)Cc1ccc2ccccc2c1)C(=O)OC.